The maximum Gasteiger partial charge on any atom is 0.262 e. The van der Waals surface area contributed by atoms with Crippen molar-refractivity contribution in [3.05, 3.63) is 60.3 Å². The van der Waals surface area contributed by atoms with Gasteiger partial charge < -0.3 is 15.0 Å². The van der Waals surface area contributed by atoms with Crippen molar-refractivity contribution in [3.8, 4) is 5.75 Å². The Labute approximate surface area is 152 Å². The van der Waals surface area contributed by atoms with E-state index in [4.69, 9.17) is 4.74 Å². The van der Waals surface area contributed by atoms with Gasteiger partial charge in [0.25, 0.3) is 5.91 Å². The minimum Gasteiger partial charge on any atom is -0.497 e. The van der Waals surface area contributed by atoms with Gasteiger partial charge in [0.05, 0.1) is 13.3 Å². The molecule has 1 heterocycles. The second kappa shape index (κ2) is 8.20. The Morgan fingerprint density at radius 3 is 2.73 bits per heavy atom. The van der Waals surface area contributed by atoms with Crippen molar-refractivity contribution in [2.24, 2.45) is 5.10 Å². The van der Waals surface area contributed by atoms with E-state index in [9.17, 15) is 4.79 Å². The van der Waals surface area contributed by atoms with E-state index in [0.29, 0.717) is 6.42 Å². The Kier molecular flexibility index (Phi) is 5.53. The molecule has 1 amide bonds. The summed E-state index contributed by atoms with van der Waals surface area (Å²) in [5.41, 5.74) is 5.43. The second-order valence-electron chi connectivity index (χ2n) is 5.86. The third-order valence-corrected chi connectivity index (χ3v) is 4.16. The van der Waals surface area contributed by atoms with E-state index >= 15 is 0 Å². The summed E-state index contributed by atoms with van der Waals surface area (Å²) in [6, 6.07) is 15.0. The average molecular weight is 350 g/mol. The fourth-order valence-corrected chi connectivity index (χ4v) is 2.69. The molecule has 3 aromatic rings. The molecule has 0 spiro atoms. The molecule has 1 aromatic heterocycles. The van der Waals surface area contributed by atoms with Crippen LogP contribution >= 0.6 is 0 Å². The first-order chi connectivity index (χ1) is 12.7. The molecule has 26 heavy (non-hydrogen) atoms. The number of nitrogens with zero attached hydrogens (tertiary/aromatic N) is 1. The van der Waals surface area contributed by atoms with Gasteiger partial charge in [-0.3, -0.25) is 4.79 Å². The molecule has 1 unspecified atom stereocenters. The number of hydrogen-bond acceptors (Lipinski definition) is 4. The maximum absolute atomic E-state index is 12.4. The number of benzene rings is 2. The number of carbonyl (C=O) groups excluding carboxylic acids is 1. The molecule has 6 heteroatoms. The lowest BCUT2D eigenvalue weighted by Crippen LogP contribution is -2.36. The molecular formula is C20H22N4O2. The number of rotatable bonds is 7. The maximum atomic E-state index is 12.4. The number of carbonyl (C=O) groups is 1. The molecule has 3 rings (SSSR count). The van der Waals surface area contributed by atoms with Crippen LogP contribution in [0.1, 0.15) is 18.9 Å². The molecule has 2 aromatic carbocycles. The van der Waals surface area contributed by atoms with E-state index in [2.05, 4.69) is 20.8 Å². The zero-order chi connectivity index (χ0) is 18.4. The van der Waals surface area contributed by atoms with Crippen LogP contribution in [0.4, 0.5) is 5.69 Å². The summed E-state index contributed by atoms with van der Waals surface area (Å²) >= 11 is 0. The van der Waals surface area contributed by atoms with E-state index in [0.717, 1.165) is 27.9 Å². The van der Waals surface area contributed by atoms with Crippen LogP contribution in [0.2, 0.25) is 0 Å². The van der Waals surface area contributed by atoms with Gasteiger partial charge in [-0.25, -0.2) is 5.43 Å². The van der Waals surface area contributed by atoms with Gasteiger partial charge in [-0.1, -0.05) is 25.1 Å². The summed E-state index contributed by atoms with van der Waals surface area (Å²) in [5, 5.41) is 8.37. The molecule has 134 valence electrons. The highest BCUT2D eigenvalue weighted by Crippen LogP contribution is 2.17. The average Bonchev–Trinajstić information content (AvgIpc) is 3.09. The number of H-pyrrole nitrogens is 1. The predicted molar refractivity (Wildman–Crippen MR) is 105 cm³/mol. The molecule has 0 radical (unpaired) electrons. The molecule has 3 N–H and O–H groups in total. The van der Waals surface area contributed by atoms with Crippen LogP contribution in [0.3, 0.4) is 0 Å². The molecule has 0 aliphatic heterocycles. The van der Waals surface area contributed by atoms with Gasteiger partial charge in [0.15, 0.2) is 0 Å². The largest absolute Gasteiger partial charge is 0.497 e. The molecule has 6 nitrogen and oxygen atoms in total. The van der Waals surface area contributed by atoms with Gasteiger partial charge in [0.1, 0.15) is 11.8 Å². The highest BCUT2D eigenvalue weighted by molar-refractivity contribution is 5.99. The number of amides is 1. The van der Waals surface area contributed by atoms with Gasteiger partial charge in [-0.15, -0.1) is 0 Å². The summed E-state index contributed by atoms with van der Waals surface area (Å²) in [5.74, 6) is 0.593. The Balaban J connectivity index is 1.61. The van der Waals surface area contributed by atoms with E-state index in [1.165, 1.54) is 0 Å². The number of methoxy groups -OCH3 is 1. The first-order valence-electron chi connectivity index (χ1n) is 8.51. The van der Waals surface area contributed by atoms with Crippen LogP contribution in [0.15, 0.2) is 59.8 Å². The van der Waals surface area contributed by atoms with Gasteiger partial charge in [-0.2, -0.15) is 5.10 Å². The van der Waals surface area contributed by atoms with Gasteiger partial charge in [0.2, 0.25) is 0 Å². The zero-order valence-electron chi connectivity index (χ0n) is 14.8. The zero-order valence-corrected chi connectivity index (χ0v) is 14.8. The van der Waals surface area contributed by atoms with Gasteiger partial charge in [0, 0.05) is 28.4 Å². The topological polar surface area (TPSA) is 78.5 Å². The summed E-state index contributed by atoms with van der Waals surface area (Å²) in [6.45, 7) is 1.95. The fraction of sp³-hybridized carbons (Fsp3) is 0.200. The lowest BCUT2D eigenvalue weighted by Gasteiger charge is -2.16. The second-order valence-corrected chi connectivity index (χ2v) is 5.86. The van der Waals surface area contributed by atoms with E-state index in [1.54, 1.807) is 13.3 Å². The number of hydrogen-bond donors (Lipinski definition) is 3. The van der Waals surface area contributed by atoms with Crippen molar-refractivity contribution >= 4 is 28.7 Å². The number of ether oxygens (including phenoxy) is 1. The van der Waals surface area contributed by atoms with Crippen molar-refractivity contribution in [2.75, 3.05) is 12.4 Å². The highest BCUT2D eigenvalue weighted by atomic mass is 16.5. The van der Waals surface area contributed by atoms with Crippen molar-refractivity contribution in [1.82, 2.24) is 10.4 Å². The van der Waals surface area contributed by atoms with Crippen molar-refractivity contribution in [1.29, 1.82) is 0 Å². The Hall–Kier alpha value is -3.28. The summed E-state index contributed by atoms with van der Waals surface area (Å²) in [7, 11) is 1.62. The number of aromatic nitrogens is 1. The first kappa shape index (κ1) is 17.5. The third kappa shape index (κ3) is 4.03. The van der Waals surface area contributed by atoms with Crippen LogP contribution in [-0.2, 0) is 4.79 Å². The van der Waals surface area contributed by atoms with E-state index in [1.807, 2.05) is 61.7 Å². The predicted octanol–water partition coefficient (Wildman–Crippen LogP) is 3.52. The molecule has 0 bridgehead atoms. The Morgan fingerprint density at radius 2 is 2.00 bits per heavy atom. The SMILES string of the molecule is CCC(Nc1ccc(OC)cc1)C(=O)N/N=C/c1c[nH]c2ccccc12. The number of para-hydroxylation sites is 1. The van der Waals surface area contributed by atoms with E-state index < -0.39 is 0 Å². The van der Waals surface area contributed by atoms with Crippen LogP contribution in [0.5, 0.6) is 5.75 Å². The molecule has 0 aliphatic carbocycles. The number of fused-ring (bicyclic) bond motifs is 1. The Bertz CT molecular complexity index is 900. The Morgan fingerprint density at radius 1 is 1.23 bits per heavy atom. The van der Waals surface area contributed by atoms with Gasteiger partial charge >= 0.3 is 0 Å². The smallest absolute Gasteiger partial charge is 0.262 e. The molecule has 1 atom stereocenters. The van der Waals surface area contributed by atoms with Gasteiger partial charge in [-0.05, 0) is 36.8 Å². The lowest BCUT2D eigenvalue weighted by atomic mass is 10.2. The quantitative estimate of drug-likeness (QED) is 0.451. The lowest BCUT2D eigenvalue weighted by molar-refractivity contribution is -0.121. The van der Waals surface area contributed by atoms with Crippen molar-refractivity contribution < 1.29 is 9.53 Å². The minimum atomic E-state index is -0.372. The summed E-state index contributed by atoms with van der Waals surface area (Å²) in [4.78, 5) is 15.5. The molecular weight excluding hydrogens is 328 g/mol. The van der Waals surface area contributed by atoms with Crippen LogP contribution in [0, 0.1) is 0 Å². The third-order valence-electron chi connectivity index (χ3n) is 4.16. The fourth-order valence-electron chi connectivity index (χ4n) is 2.69. The molecule has 0 saturated carbocycles. The highest BCUT2D eigenvalue weighted by Gasteiger charge is 2.15. The number of anilines is 1. The molecule has 0 fully saturated rings. The normalized spacial score (nSPS) is 12.2. The van der Waals surface area contributed by atoms with E-state index in [-0.39, 0.29) is 11.9 Å². The molecule has 0 aliphatic rings. The van der Waals surface area contributed by atoms with Crippen LogP contribution in [0.25, 0.3) is 10.9 Å². The standard InChI is InChI=1S/C20H22N4O2/c1-3-18(23-15-8-10-16(26-2)11-9-15)20(25)24-22-13-14-12-21-19-7-5-4-6-17(14)19/h4-13,18,21,23H,3H2,1-2H3,(H,24,25)/b22-13+. The first-order valence-corrected chi connectivity index (χ1v) is 8.51. The van der Waals surface area contributed by atoms with Crippen LogP contribution in [-0.4, -0.2) is 30.3 Å². The summed E-state index contributed by atoms with van der Waals surface area (Å²) in [6.07, 6.45) is 4.16. The summed E-state index contributed by atoms with van der Waals surface area (Å²) < 4.78 is 5.14. The van der Waals surface area contributed by atoms with Crippen molar-refractivity contribution in [3.63, 3.8) is 0 Å². The number of aromatic amines is 1. The minimum absolute atomic E-state index is 0.181. The number of hydrazone groups is 1. The number of nitrogens with one attached hydrogen (secondary N) is 3. The van der Waals surface area contributed by atoms with Crippen LogP contribution < -0.4 is 15.5 Å². The molecule has 0 saturated heterocycles. The monoisotopic (exact) mass is 350 g/mol. The van der Waals surface area contributed by atoms with Crippen molar-refractivity contribution in [2.45, 2.75) is 19.4 Å².